The Morgan fingerprint density at radius 2 is 1.17 bits per heavy atom. The molecule has 0 bridgehead atoms. The zero-order valence-electron chi connectivity index (χ0n) is 13.4. The van der Waals surface area contributed by atoms with Crippen LogP contribution in [0.1, 0.15) is 58.3 Å². The maximum atomic E-state index is 12.2. The summed E-state index contributed by atoms with van der Waals surface area (Å²) >= 11 is 0. The fourth-order valence-electron chi connectivity index (χ4n) is 3.40. The van der Waals surface area contributed by atoms with Gasteiger partial charge in [0.2, 0.25) is 0 Å². The number of hydrogen-bond acceptors (Lipinski definition) is 7. The van der Waals surface area contributed by atoms with Gasteiger partial charge in [0.25, 0.3) is 0 Å². The third-order valence-electron chi connectivity index (χ3n) is 4.72. The van der Waals surface area contributed by atoms with Crippen LogP contribution >= 0.6 is 0 Å². The van der Waals surface area contributed by atoms with E-state index in [1.807, 2.05) is 0 Å². The van der Waals surface area contributed by atoms with Crippen molar-refractivity contribution in [2.45, 2.75) is 70.5 Å². The molecule has 0 unspecified atom stereocenters. The van der Waals surface area contributed by atoms with Crippen molar-refractivity contribution in [2.24, 2.45) is 11.8 Å². The standard InChI is InChI=1S/C16H24O7/c1-10(17)21-13-6-8-14(9-7-13)22-15(18)11-2-4-12(5-3-11)16(19)23-20/h11-14,20H,2-9H2,1H3. The lowest BCUT2D eigenvalue weighted by Gasteiger charge is -2.30. The van der Waals surface area contributed by atoms with Crippen LogP contribution in [0, 0.1) is 11.8 Å². The highest BCUT2D eigenvalue weighted by Crippen LogP contribution is 2.32. The van der Waals surface area contributed by atoms with E-state index in [1.54, 1.807) is 0 Å². The minimum atomic E-state index is -0.624. The van der Waals surface area contributed by atoms with Crippen molar-refractivity contribution < 1.29 is 34.0 Å². The Morgan fingerprint density at radius 3 is 1.61 bits per heavy atom. The van der Waals surface area contributed by atoms with Crippen LogP contribution in [0.4, 0.5) is 0 Å². The molecule has 1 N–H and O–H groups in total. The summed E-state index contributed by atoms with van der Waals surface area (Å²) in [5, 5.41) is 8.38. The van der Waals surface area contributed by atoms with Crippen molar-refractivity contribution in [3.63, 3.8) is 0 Å². The third-order valence-corrected chi connectivity index (χ3v) is 4.72. The Bertz CT molecular complexity index is 432. The summed E-state index contributed by atoms with van der Waals surface area (Å²) in [7, 11) is 0. The molecule has 7 heteroatoms. The Hall–Kier alpha value is -1.63. The third kappa shape index (κ3) is 5.20. The molecule has 23 heavy (non-hydrogen) atoms. The highest BCUT2D eigenvalue weighted by Gasteiger charge is 2.33. The smallest absolute Gasteiger partial charge is 0.345 e. The maximum absolute atomic E-state index is 12.2. The van der Waals surface area contributed by atoms with E-state index in [1.165, 1.54) is 6.92 Å². The SMILES string of the molecule is CC(=O)OC1CCC(OC(=O)C2CCC(C(=O)OO)CC2)CC1. The molecule has 2 rings (SSSR count). The van der Waals surface area contributed by atoms with Crippen molar-refractivity contribution in [3.8, 4) is 0 Å². The van der Waals surface area contributed by atoms with Crippen LogP contribution in [0.25, 0.3) is 0 Å². The van der Waals surface area contributed by atoms with Crippen LogP contribution in [-0.2, 0) is 28.7 Å². The molecule has 0 aromatic carbocycles. The minimum absolute atomic E-state index is 0.0672. The van der Waals surface area contributed by atoms with E-state index >= 15 is 0 Å². The maximum Gasteiger partial charge on any atom is 0.345 e. The molecule has 130 valence electrons. The molecule has 0 saturated heterocycles. The Labute approximate surface area is 135 Å². The summed E-state index contributed by atoms with van der Waals surface area (Å²) < 4.78 is 10.7. The van der Waals surface area contributed by atoms with Gasteiger partial charge >= 0.3 is 17.9 Å². The topological polar surface area (TPSA) is 99.1 Å². The highest BCUT2D eigenvalue weighted by molar-refractivity contribution is 5.75. The number of esters is 2. The molecule has 7 nitrogen and oxygen atoms in total. The monoisotopic (exact) mass is 328 g/mol. The number of carbonyl (C=O) groups is 3. The van der Waals surface area contributed by atoms with E-state index in [4.69, 9.17) is 14.7 Å². The van der Waals surface area contributed by atoms with Crippen molar-refractivity contribution in [1.82, 2.24) is 0 Å². The first-order chi connectivity index (χ1) is 11.0. The minimum Gasteiger partial charge on any atom is -0.463 e. The average molecular weight is 328 g/mol. The summed E-state index contributed by atoms with van der Waals surface area (Å²) in [6, 6.07) is 0. The molecule has 0 aromatic heterocycles. The van der Waals surface area contributed by atoms with Crippen LogP contribution in [0.15, 0.2) is 0 Å². The molecule has 0 amide bonds. The van der Waals surface area contributed by atoms with Crippen LogP contribution < -0.4 is 0 Å². The van der Waals surface area contributed by atoms with Crippen molar-refractivity contribution >= 4 is 17.9 Å². The first kappa shape index (κ1) is 17.7. The number of carbonyl (C=O) groups excluding carboxylic acids is 3. The van der Waals surface area contributed by atoms with Gasteiger partial charge in [0.15, 0.2) is 0 Å². The average Bonchev–Trinajstić information content (AvgIpc) is 2.55. The highest BCUT2D eigenvalue weighted by atomic mass is 17.1. The molecular formula is C16H24O7. The van der Waals surface area contributed by atoms with E-state index in [0.717, 1.165) is 0 Å². The summed E-state index contributed by atoms with van der Waals surface area (Å²) in [5.74, 6) is -1.63. The van der Waals surface area contributed by atoms with Crippen LogP contribution in [0.3, 0.4) is 0 Å². The van der Waals surface area contributed by atoms with Gasteiger partial charge in [-0.1, -0.05) is 0 Å². The lowest BCUT2D eigenvalue weighted by molar-refractivity contribution is -0.240. The Morgan fingerprint density at radius 1 is 0.739 bits per heavy atom. The van der Waals surface area contributed by atoms with E-state index in [2.05, 4.69) is 4.89 Å². The predicted molar refractivity (Wildman–Crippen MR) is 78.1 cm³/mol. The van der Waals surface area contributed by atoms with E-state index in [-0.39, 0.29) is 36.0 Å². The molecule has 0 heterocycles. The number of rotatable bonds is 4. The van der Waals surface area contributed by atoms with Gasteiger partial charge in [-0.15, -0.1) is 0 Å². The summed E-state index contributed by atoms with van der Waals surface area (Å²) in [6.45, 7) is 1.40. The fraction of sp³-hybridized carbons (Fsp3) is 0.812. The van der Waals surface area contributed by atoms with Gasteiger partial charge < -0.3 is 14.4 Å². The molecule has 0 spiro atoms. The van der Waals surface area contributed by atoms with Gasteiger partial charge in [-0.3, -0.25) is 9.59 Å². The lowest BCUT2D eigenvalue weighted by atomic mass is 9.82. The normalized spacial score (nSPS) is 31.0. The fourth-order valence-corrected chi connectivity index (χ4v) is 3.40. The zero-order valence-corrected chi connectivity index (χ0v) is 13.4. The molecule has 2 aliphatic rings. The number of ether oxygens (including phenoxy) is 2. The second kappa shape index (κ2) is 8.29. The van der Waals surface area contributed by atoms with Crippen molar-refractivity contribution in [1.29, 1.82) is 0 Å². The molecule has 0 aliphatic heterocycles. The summed E-state index contributed by atoms with van der Waals surface area (Å²) in [5.41, 5.74) is 0. The first-order valence-electron chi connectivity index (χ1n) is 8.22. The quantitative estimate of drug-likeness (QED) is 0.365. The van der Waals surface area contributed by atoms with Gasteiger partial charge in [0.1, 0.15) is 12.2 Å². The molecule has 0 radical (unpaired) electrons. The van der Waals surface area contributed by atoms with E-state index < -0.39 is 5.97 Å². The molecule has 0 aromatic rings. The molecule has 2 fully saturated rings. The molecule has 0 atom stereocenters. The van der Waals surface area contributed by atoms with Gasteiger partial charge in [-0.2, -0.15) is 5.26 Å². The second-order valence-corrected chi connectivity index (χ2v) is 6.40. The van der Waals surface area contributed by atoms with Crippen LogP contribution in [-0.4, -0.2) is 35.4 Å². The molecular weight excluding hydrogens is 304 g/mol. The van der Waals surface area contributed by atoms with Gasteiger partial charge in [-0.05, 0) is 51.4 Å². The van der Waals surface area contributed by atoms with Crippen molar-refractivity contribution in [2.75, 3.05) is 0 Å². The first-order valence-corrected chi connectivity index (χ1v) is 8.22. The zero-order chi connectivity index (χ0) is 16.8. The number of hydrogen-bond donors (Lipinski definition) is 1. The van der Waals surface area contributed by atoms with Crippen LogP contribution in [0.2, 0.25) is 0 Å². The van der Waals surface area contributed by atoms with E-state index in [9.17, 15) is 14.4 Å². The van der Waals surface area contributed by atoms with Gasteiger partial charge in [0, 0.05) is 6.92 Å². The van der Waals surface area contributed by atoms with Crippen LogP contribution in [0.5, 0.6) is 0 Å². The Balaban J connectivity index is 1.70. The van der Waals surface area contributed by atoms with E-state index in [0.29, 0.717) is 51.4 Å². The lowest BCUT2D eigenvalue weighted by Crippen LogP contribution is -2.33. The van der Waals surface area contributed by atoms with Crippen molar-refractivity contribution in [3.05, 3.63) is 0 Å². The Kier molecular flexibility index (Phi) is 6.38. The second-order valence-electron chi connectivity index (χ2n) is 6.40. The summed E-state index contributed by atoms with van der Waals surface area (Å²) in [6.07, 6.45) is 4.85. The molecule has 2 saturated carbocycles. The van der Waals surface area contributed by atoms with Gasteiger partial charge in [-0.25, -0.2) is 4.79 Å². The largest absolute Gasteiger partial charge is 0.463 e. The molecule has 2 aliphatic carbocycles. The summed E-state index contributed by atoms with van der Waals surface area (Å²) in [4.78, 5) is 38.1. The van der Waals surface area contributed by atoms with Gasteiger partial charge in [0.05, 0.1) is 11.8 Å². The predicted octanol–water partition coefficient (Wildman–Crippen LogP) is 2.23.